The maximum atomic E-state index is 11.0. The number of carbonyl (C=O) groups is 1. The third-order valence-corrected chi connectivity index (χ3v) is 2.68. The van der Waals surface area contributed by atoms with E-state index in [1.54, 1.807) is 0 Å². The summed E-state index contributed by atoms with van der Waals surface area (Å²) < 4.78 is 5.82. The lowest BCUT2D eigenvalue weighted by Gasteiger charge is -2.23. The number of hydrogen-bond donors (Lipinski definition) is 1. The smallest absolute Gasteiger partial charge is 0.407 e. The van der Waals surface area contributed by atoms with E-state index in [0.717, 1.165) is 16.5 Å². The van der Waals surface area contributed by atoms with Crippen LogP contribution in [0.3, 0.4) is 0 Å². The summed E-state index contributed by atoms with van der Waals surface area (Å²) in [5.74, 6) is 0. The van der Waals surface area contributed by atoms with Crippen molar-refractivity contribution in [3.05, 3.63) is 34.3 Å². The molecule has 1 aromatic rings. The molecule has 0 aliphatic carbocycles. The zero-order chi connectivity index (χ0) is 9.97. The number of rotatable bonds is 1. The molecule has 0 saturated carbocycles. The normalized spacial score (nSPS) is 21.2. The van der Waals surface area contributed by atoms with Crippen LogP contribution in [0.1, 0.15) is 18.0 Å². The molecule has 1 saturated heterocycles. The van der Waals surface area contributed by atoms with Crippen molar-refractivity contribution in [2.75, 3.05) is 6.61 Å². The van der Waals surface area contributed by atoms with Crippen LogP contribution in [0.25, 0.3) is 0 Å². The number of halogens is 1. The van der Waals surface area contributed by atoms with Crippen molar-refractivity contribution < 1.29 is 9.53 Å². The van der Waals surface area contributed by atoms with Crippen LogP contribution in [-0.4, -0.2) is 12.7 Å². The Balaban J connectivity index is 2.17. The number of hydrogen-bond acceptors (Lipinski definition) is 2. The van der Waals surface area contributed by atoms with Gasteiger partial charge in [0.2, 0.25) is 0 Å². The first-order chi connectivity index (χ1) is 6.75. The van der Waals surface area contributed by atoms with Gasteiger partial charge in [-0.2, -0.15) is 0 Å². The summed E-state index contributed by atoms with van der Waals surface area (Å²) in [6.45, 7) is 0.489. The Morgan fingerprint density at radius 2 is 2.36 bits per heavy atom. The summed E-state index contributed by atoms with van der Waals surface area (Å²) >= 11 is 3.40. The van der Waals surface area contributed by atoms with E-state index in [4.69, 9.17) is 4.74 Å². The van der Waals surface area contributed by atoms with Gasteiger partial charge in [0.25, 0.3) is 0 Å². The Morgan fingerprint density at radius 3 is 3.07 bits per heavy atom. The minimum Gasteiger partial charge on any atom is -0.449 e. The van der Waals surface area contributed by atoms with Crippen LogP contribution in [0.2, 0.25) is 0 Å². The van der Waals surface area contributed by atoms with Crippen molar-refractivity contribution in [1.82, 2.24) is 5.32 Å². The number of ether oxygens (including phenoxy) is 1. The van der Waals surface area contributed by atoms with Gasteiger partial charge in [-0.25, -0.2) is 4.79 Å². The summed E-state index contributed by atoms with van der Waals surface area (Å²) in [5.41, 5.74) is 1.11. The summed E-state index contributed by atoms with van der Waals surface area (Å²) in [6.07, 6.45) is 0.489. The molecule has 1 atom stereocenters. The lowest BCUT2D eigenvalue weighted by atomic mass is 10.0. The standard InChI is InChI=1S/C10H10BrNO2/c11-8-3-1-2-7(6-8)9-4-5-14-10(13)12-9/h1-3,6,9H,4-5H2,(H,12,13)/t9-/m1/s1. The molecule has 0 aromatic heterocycles. The summed E-state index contributed by atoms with van der Waals surface area (Å²) in [5, 5.41) is 2.78. The van der Waals surface area contributed by atoms with Gasteiger partial charge in [0.15, 0.2) is 0 Å². The van der Waals surface area contributed by atoms with Gasteiger partial charge in [0.05, 0.1) is 12.6 Å². The maximum absolute atomic E-state index is 11.0. The zero-order valence-electron chi connectivity index (χ0n) is 7.50. The van der Waals surface area contributed by atoms with Gasteiger partial charge in [-0.05, 0) is 17.7 Å². The largest absolute Gasteiger partial charge is 0.449 e. The molecule has 74 valence electrons. The number of amides is 1. The maximum Gasteiger partial charge on any atom is 0.407 e. The number of alkyl carbamates (subject to hydrolysis) is 1. The molecule has 14 heavy (non-hydrogen) atoms. The first kappa shape index (κ1) is 9.52. The van der Waals surface area contributed by atoms with E-state index in [2.05, 4.69) is 21.2 Å². The molecule has 1 aliphatic heterocycles. The van der Waals surface area contributed by atoms with Crippen LogP contribution in [-0.2, 0) is 4.74 Å². The molecule has 3 nitrogen and oxygen atoms in total. The third-order valence-electron chi connectivity index (χ3n) is 2.18. The van der Waals surface area contributed by atoms with Gasteiger partial charge in [-0.3, -0.25) is 0 Å². The molecular weight excluding hydrogens is 246 g/mol. The van der Waals surface area contributed by atoms with Crippen molar-refractivity contribution in [2.24, 2.45) is 0 Å². The van der Waals surface area contributed by atoms with Crippen LogP contribution in [0, 0.1) is 0 Å². The van der Waals surface area contributed by atoms with Gasteiger partial charge < -0.3 is 10.1 Å². The van der Waals surface area contributed by atoms with Crippen LogP contribution in [0.15, 0.2) is 28.7 Å². The highest BCUT2D eigenvalue weighted by Crippen LogP contribution is 2.22. The van der Waals surface area contributed by atoms with Crippen molar-refractivity contribution in [3.63, 3.8) is 0 Å². The van der Waals surface area contributed by atoms with Crippen molar-refractivity contribution >= 4 is 22.0 Å². The van der Waals surface area contributed by atoms with Crippen LogP contribution >= 0.6 is 15.9 Å². The second-order valence-corrected chi connectivity index (χ2v) is 4.09. The molecule has 1 aromatic carbocycles. The van der Waals surface area contributed by atoms with Crippen molar-refractivity contribution in [1.29, 1.82) is 0 Å². The minimum absolute atomic E-state index is 0.0775. The van der Waals surface area contributed by atoms with E-state index in [0.29, 0.717) is 6.61 Å². The quantitative estimate of drug-likeness (QED) is 0.838. The van der Waals surface area contributed by atoms with Crippen molar-refractivity contribution in [3.8, 4) is 0 Å². The van der Waals surface area contributed by atoms with E-state index < -0.39 is 0 Å². The molecular formula is C10H10BrNO2. The van der Waals surface area contributed by atoms with E-state index in [-0.39, 0.29) is 12.1 Å². The SMILES string of the molecule is O=C1N[C@@H](c2cccc(Br)c2)CCO1. The highest BCUT2D eigenvalue weighted by molar-refractivity contribution is 9.10. The Hall–Kier alpha value is -1.03. The molecule has 1 amide bonds. The number of benzene rings is 1. The summed E-state index contributed by atoms with van der Waals surface area (Å²) in [4.78, 5) is 11.0. The van der Waals surface area contributed by atoms with E-state index >= 15 is 0 Å². The third kappa shape index (κ3) is 2.07. The lowest BCUT2D eigenvalue weighted by Crippen LogP contribution is -2.35. The average molecular weight is 256 g/mol. The number of carbonyl (C=O) groups excluding carboxylic acids is 1. The van der Waals surface area contributed by atoms with Crippen molar-refractivity contribution in [2.45, 2.75) is 12.5 Å². The van der Waals surface area contributed by atoms with E-state index in [1.165, 1.54) is 0 Å². The van der Waals surface area contributed by atoms with Crippen LogP contribution in [0.5, 0.6) is 0 Å². The zero-order valence-corrected chi connectivity index (χ0v) is 9.08. The highest BCUT2D eigenvalue weighted by Gasteiger charge is 2.20. The first-order valence-corrected chi connectivity index (χ1v) is 5.24. The molecule has 1 aliphatic rings. The summed E-state index contributed by atoms with van der Waals surface area (Å²) in [7, 11) is 0. The summed E-state index contributed by atoms with van der Waals surface area (Å²) in [6, 6.07) is 8.01. The Bertz CT molecular complexity index is 354. The van der Waals surface area contributed by atoms with Crippen LogP contribution < -0.4 is 5.32 Å². The molecule has 1 fully saturated rings. The molecule has 2 rings (SSSR count). The Kier molecular flexibility index (Phi) is 2.72. The van der Waals surface area contributed by atoms with E-state index in [9.17, 15) is 4.79 Å². The van der Waals surface area contributed by atoms with Gasteiger partial charge in [-0.1, -0.05) is 28.1 Å². The minimum atomic E-state index is -0.332. The first-order valence-electron chi connectivity index (χ1n) is 4.44. The second kappa shape index (κ2) is 4.00. The fourth-order valence-electron chi connectivity index (χ4n) is 1.50. The van der Waals surface area contributed by atoms with E-state index in [1.807, 2.05) is 24.3 Å². The second-order valence-electron chi connectivity index (χ2n) is 3.18. The molecule has 0 spiro atoms. The molecule has 0 bridgehead atoms. The molecule has 0 unspecified atom stereocenters. The van der Waals surface area contributed by atoms with Gasteiger partial charge in [0, 0.05) is 10.9 Å². The number of cyclic esters (lactones) is 1. The predicted molar refractivity (Wildman–Crippen MR) is 56.0 cm³/mol. The van der Waals surface area contributed by atoms with Crippen LogP contribution in [0.4, 0.5) is 4.79 Å². The Morgan fingerprint density at radius 1 is 1.50 bits per heavy atom. The molecule has 1 N–H and O–H groups in total. The highest BCUT2D eigenvalue weighted by atomic mass is 79.9. The lowest BCUT2D eigenvalue weighted by molar-refractivity contribution is 0.115. The molecule has 0 radical (unpaired) electrons. The average Bonchev–Trinajstić information content (AvgIpc) is 2.18. The number of nitrogens with one attached hydrogen (secondary N) is 1. The van der Waals surface area contributed by atoms with Gasteiger partial charge in [0.1, 0.15) is 0 Å². The topological polar surface area (TPSA) is 38.3 Å². The fourth-order valence-corrected chi connectivity index (χ4v) is 1.92. The van der Waals surface area contributed by atoms with Gasteiger partial charge >= 0.3 is 6.09 Å². The van der Waals surface area contributed by atoms with Gasteiger partial charge in [-0.15, -0.1) is 0 Å². The molecule has 4 heteroatoms. The molecule has 1 heterocycles. The monoisotopic (exact) mass is 255 g/mol. The fraction of sp³-hybridized carbons (Fsp3) is 0.300. The Labute approximate surface area is 90.6 Å². The predicted octanol–water partition coefficient (Wildman–Crippen LogP) is 2.62.